The summed E-state index contributed by atoms with van der Waals surface area (Å²) in [5.41, 5.74) is 0. The van der Waals surface area contributed by atoms with Gasteiger partial charge in [-0.25, -0.2) is 0 Å². The van der Waals surface area contributed by atoms with Crippen LogP contribution in [0.25, 0.3) is 0 Å². The molecular formula is C5H11ClS2. The van der Waals surface area contributed by atoms with E-state index >= 15 is 0 Å². The summed E-state index contributed by atoms with van der Waals surface area (Å²) in [6.07, 6.45) is 3.42. The molecule has 0 nitrogen and oxygen atoms in total. The molecule has 0 saturated heterocycles. The van der Waals surface area contributed by atoms with E-state index in [2.05, 4.69) is 6.26 Å². The van der Waals surface area contributed by atoms with Crippen LogP contribution in [0.5, 0.6) is 0 Å². The minimum Gasteiger partial charge on any atom is -0.165 e. The Bertz CT molecular complexity index is 35.4. The molecule has 0 saturated carbocycles. The molecular weight excluding hydrogens is 160 g/mol. The summed E-state index contributed by atoms with van der Waals surface area (Å²) < 4.78 is 0. The zero-order chi connectivity index (χ0) is 6.24. The Morgan fingerprint density at radius 3 is 2.62 bits per heavy atom. The summed E-state index contributed by atoms with van der Waals surface area (Å²) in [5.74, 6) is 2.48. The lowest BCUT2D eigenvalue weighted by molar-refractivity contribution is 1.13. The van der Waals surface area contributed by atoms with Gasteiger partial charge < -0.3 is 0 Å². The largest absolute Gasteiger partial charge is 0.165 e. The van der Waals surface area contributed by atoms with Gasteiger partial charge in [0.1, 0.15) is 0 Å². The monoisotopic (exact) mass is 170 g/mol. The van der Waals surface area contributed by atoms with Crippen LogP contribution in [0.15, 0.2) is 0 Å². The van der Waals surface area contributed by atoms with Gasteiger partial charge in [0, 0.05) is 0 Å². The molecule has 0 rings (SSSR count). The van der Waals surface area contributed by atoms with E-state index in [-0.39, 0.29) is 0 Å². The first-order chi connectivity index (χ1) is 3.91. The van der Waals surface area contributed by atoms with Gasteiger partial charge in [0.25, 0.3) is 0 Å². The van der Waals surface area contributed by atoms with Crippen LogP contribution in [0.3, 0.4) is 0 Å². The zero-order valence-electron chi connectivity index (χ0n) is 5.02. The normalized spacial score (nSPS) is 9.75. The fourth-order valence-corrected chi connectivity index (χ4v) is 1.76. The molecule has 0 N–H and O–H groups in total. The number of thioether (sulfide) groups is 2. The molecule has 0 amide bonds. The second kappa shape index (κ2) is 7.99. The number of halogens is 1. The molecule has 3 heteroatoms. The summed E-state index contributed by atoms with van der Waals surface area (Å²) in [4.78, 5) is 0. The Balaban J connectivity index is 2.53. The summed E-state index contributed by atoms with van der Waals surface area (Å²) in [7, 11) is 0. The van der Waals surface area contributed by atoms with Crippen LogP contribution in [-0.2, 0) is 0 Å². The first-order valence-corrected chi connectivity index (χ1v) is 5.62. The van der Waals surface area contributed by atoms with Gasteiger partial charge >= 0.3 is 0 Å². The van der Waals surface area contributed by atoms with Crippen molar-refractivity contribution in [2.24, 2.45) is 0 Å². The molecule has 0 atom stereocenters. The van der Waals surface area contributed by atoms with Gasteiger partial charge in [-0.2, -0.15) is 11.8 Å². The van der Waals surface area contributed by atoms with E-state index in [0.717, 1.165) is 5.21 Å². The Labute approximate surface area is 64.7 Å². The van der Waals surface area contributed by atoms with Crippen molar-refractivity contribution < 1.29 is 0 Å². The second-order valence-corrected chi connectivity index (χ2v) is 4.04. The number of alkyl halides is 1. The molecule has 0 aromatic carbocycles. The van der Waals surface area contributed by atoms with E-state index < -0.39 is 0 Å². The topological polar surface area (TPSA) is 0 Å². The van der Waals surface area contributed by atoms with E-state index in [0.29, 0.717) is 0 Å². The van der Waals surface area contributed by atoms with Crippen LogP contribution in [0, 0.1) is 0 Å². The van der Waals surface area contributed by atoms with Crippen molar-refractivity contribution >= 4 is 35.1 Å². The van der Waals surface area contributed by atoms with Crippen molar-refractivity contribution in [2.45, 2.75) is 6.42 Å². The standard InChI is InChI=1S/C5H11ClS2/c1-7-3-2-4-8-5-6/h2-5H2,1H3. The molecule has 0 radical (unpaired) electrons. The average Bonchev–Trinajstić information content (AvgIpc) is 1.81. The van der Waals surface area contributed by atoms with Gasteiger partial charge in [-0.15, -0.1) is 23.4 Å². The lowest BCUT2D eigenvalue weighted by atomic mass is 10.6. The van der Waals surface area contributed by atoms with Crippen molar-refractivity contribution in [3.8, 4) is 0 Å². The van der Waals surface area contributed by atoms with Crippen LogP contribution in [0.1, 0.15) is 6.42 Å². The third kappa shape index (κ3) is 6.99. The maximum absolute atomic E-state index is 5.44. The van der Waals surface area contributed by atoms with Gasteiger partial charge in [0.05, 0.1) is 5.21 Å². The minimum absolute atomic E-state index is 0.744. The SMILES string of the molecule is CSCCCSCCl. The van der Waals surface area contributed by atoms with E-state index in [4.69, 9.17) is 11.6 Å². The van der Waals surface area contributed by atoms with Crippen molar-refractivity contribution in [1.82, 2.24) is 0 Å². The first-order valence-electron chi connectivity index (χ1n) is 2.54. The van der Waals surface area contributed by atoms with E-state index in [1.165, 1.54) is 17.9 Å². The third-order valence-corrected chi connectivity index (χ3v) is 2.61. The Kier molecular flexibility index (Phi) is 8.98. The van der Waals surface area contributed by atoms with E-state index in [9.17, 15) is 0 Å². The van der Waals surface area contributed by atoms with Gasteiger partial charge in [-0.05, 0) is 24.2 Å². The smallest absolute Gasteiger partial charge is 0.0680 e. The van der Waals surface area contributed by atoms with Crippen molar-refractivity contribution in [1.29, 1.82) is 0 Å². The van der Waals surface area contributed by atoms with Crippen LogP contribution in [-0.4, -0.2) is 23.0 Å². The highest BCUT2D eigenvalue weighted by molar-refractivity contribution is 8.00. The fourth-order valence-electron chi connectivity index (χ4n) is 0.360. The number of hydrogen-bond acceptors (Lipinski definition) is 2. The molecule has 0 fully saturated rings. The summed E-state index contributed by atoms with van der Waals surface area (Å²) in [5, 5.41) is 0.744. The Hall–Kier alpha value is 0.990. The maximum atomic E-state index is 5.44. The highest BCUT2D eigenvalue weighted by atomic mass is 35.5. The van der Waals surface area contributed by atoms with Gasteiger partial charge in [0.2, 0.25) is 0 Å². The lowest BCUT2D eigenvalue weighted by Crippen LogP contribution is -1.81. The van der Waals surface area contributed by atoms with Crippen molar-refractivity contribution in [3.05, 3.63) is 0 Å². The average molecular weight is 171 g/mol. The number of hydrogen-bond donors (Lipinski definition) is 0. The summed E-state index contributed by atoms with van der Waals surface area (Å²) in [6.45, 7) is 0. The minimum atomic E-state index is 0.744. The fraction of sp³-hybridized carbons (Fsp3) is 1.00. The van der Waals surface area contributed by atoms with Crippen LogP contribution < -0.4 is 0 Å². The predicted octanol–water partition coefficient (Wildman–Crippen LogP) is 2.67. The van der Waals surface area contributed by atoms with Gasteiger partial charge in [-0.1, -0.05) is 0 Å². The molecule has 8 heavy (non-hydrogen) atoms. The Morgan fingerprint density at radius 1 is 1.38 bits per heavy atom. The second-order valence-electron chi connectivity index (χ2n) is 1.36. The first kappa shape index (κ1) is 8.99. The van der Waals surface area contributed by atoms with E-state index in [1.807, 2.05) is 11.8 Å². The highest BCUT2D eigenvalue weighted by Crippen LogP contribution is 2.06. The quantitative estimate of drug-likeness (QED) is 0.460. The van der Waals surface area contributed by atoms with Crippen molar-refractivity contribution in [3.63, 3.8) is 0 Å². The lowest BCUT2D eigenvalue weighted by Gasteiger charge is -1.93. The maximum Gasteiger partial charge on any atom is 0.0680 e. The highest BCUT2D eigenvalue weighted by Gasteiger charge is 1.84. The molecule has 0 aromatic rings. The van der Waals surface area contributed by atoms with Crippen LogP contribution >= 0.6 is 35.1 Å². The summed E-state index contributed by atoms with van der Waals surface area (Å²) in [6, 6.07) is 0. The third-order valence-electron chi connectivity index (χ3n) is 0.714. The predicted molar refractivity (Wildman–Crippen MR) is 46.2 cm³/mol. The zero-order valence-corrected chi connectivity index (χ0v) is 7.41. The molecule has 0 heterocycles. The van der Waals surface area contributed by atoms with E-state index in [1.54, 1.807) is 11.8 Å². The summed E-state index contributed by atoms with van der Waals surface area (Å²) >= 11 is 9.13. The molecule has 0 aliphatic rings. The molecule has 0 spiro atoms. The molecule has 0 aliphatic carbocycles. The van der Waals surface area contributed by atoms with Gasteiger partial charge in [0.15, 0.2) is 0 Å². The molecule has 0 aromatic heterocycles. The van der Waals surface area contributed by atoms with Crippen LogP contribution in [0.2, 0.25) is 0 Å². The molecule has 0 bridgehead atoms. The molecule has 50 valence electrons. The van der Waals surface area contributed by atoms with Crippen LogP contribution in [0.4, 0.5) is 0 Å². The molecule has 0 unspecified atom stereocenters. The number of rotatable bonds is 5. The molecule has 0 aliphatic heterocycles. The van der Waals surface area contributed by atoms with Gasteiger partial charge in [-0.3, -0.25) is 0 Å². The Morgan fingerprint density at radius 2 is 2.12 bits per heavy atom. The van der Waals surface area contributed by atoms with Crippen molar-refractivity contribution in [2.75, 3.05) is 23.0 Å².